The van der Waals surface area contributed by atoms with Crippen molar-refractivity contribution in [2.45, 2.75) is 38.8 Å². The maximum absolute atomic E-state index is 13.3. The molecule has 0 radical (unpaired) electrons. The number of esters is 1. The number of nitrogens with one attached hydrogen (secondary N) is 1. The molecule has 4 amide bonds. The number of likely N-dealkylation sites (tertiary alicyclic amines) is 1. The van der Waals surface area contributed by atoms with Gasteiger partial charge in [-0.2, -0.15) is 4.99 Å². The fourth-order valence-corrected chi connectivity index (χ4v) is 5.58. The van der Waals surface area contributed by atoms with Crippen molar-refractivity contribution < 1.29 is 33.4 Å². The van der Waals surface area contributed by atoms with E-state index in [4.69, 9.17) is 27.9 Å². The fourth-order valence-electron chi connectivity index (χ4n) is 4.15. The molecule has 226 valence electrons. The Balaban J connectivity index is 1.52. The van der Waals surface area contributed by atoms with E-state index in [0.717, 1.165) is 22.7 Å². The van der Waals surface area contributed by atoms with Gasteiger partial charge in [0.25, 0.3) is 17.7 Å². The molecule has 2 fully saturated rings. The van der Waals surface area contributed by atoms with E-state index in [9.17, 15) is 24.0 Å². The van der Waals surface area contributed by atoms with Crippen molar-refractivity contribution in [3.05, 3.63) is 74.6 Å². The lowest BCUT2D eigenvalue weighted by Crippen LogP contribution is -2.40. The van der Waals surface area contributed by atoms with Gasteiger partial charge in [0.2, 0.25) is 0 Å². The van der Waals surface area contributed by atoms with Crippen LogP contribution in [-0.2, 0) is 19.1 Å². The molecule has 0 unspecified atom stereocenters. The van der Waals surface area contributed by atoms with Gasteiger partial charge < -0.3 is 19.7 Å². The molecule has 2 saturated heterocycles. The number of rotatable bonds is 5. The van der Waals surface area contributed by atoms with Gasteiger partial charge >= 0.3 is 12.1 Å². The Kier molecular flexibility index (Phi) is 9.83. The summed E-state index contributed by atoms with van der Waals surface area (Å²) in [6.07, 6.45) is 1.15. The van der Waals surface area contributed by atoms with Crippen LogP contribution in [0, 0.1) is 0 Å². The third kappa shape index (κ3) is 7.95. The van der Waals surface area contributed by atoms with Gasteiger partial charge in [-0.3, -0.25) is 19.3 Å². The second kappa shape index (κ2) is 13.2. The normalized spacial score (nSPS) is 18.7. The standard InChI is InChI=1S/C29H28Cl2N4O7S/c1-29(2,3)42-28(40)34-12-11-18(15-34)32-24(37)16-5-8-19(9-6-16)35-26(39)22(14-23(36)41-4)43-27(35)33-25(38)20-10-7-17(30)13-21(20)31/h5-10,13-14,18H,11-12,15H2,1-4H3,(H,32,37)/t18-/m0/s1. The van der Waals surface area contributed by atoms with Crippen LogP contribution in [0.25, 0.3) is 0 Å². The Morgan fingerprint density at radius 2 is 1.79 bits per heavy atom. The van der Waals surface area contributed by atoms with Crippen LogP contribution < -0.4 is 10.2 Å². The van der Waals surface area contributed by atoms with Gasteiger partial charge in [-0.1, -0.05) is 23.2 Å². The molecule has 0 spiro atoms. The average molecular weight is 648 g/mol. The van der Waals surface area contributed by atoms with Crippen molar-refractivity contribution in [3.63, 3.8) is 0 Å². The number of thioether (sulfide) groups is 1. The average Bonchev–Trinajstić information content (AvgIpc) is 3.51. The van der Waals surface area contributed by atoms with Gasteiger partial charge in [0.05, 0.1) is 28.3 Å². The first kappa shape index (κ1) is 32.1. The molecule has 0 bridgehead atoms. The lowest BCUT2D eigenvalue weighted by Gasteiger charge is -2.24. The van der Waals surface area contributed by atoms with E-state index < -0.39 is 29.5 Å². The molecule has 2 aromatic carbocycles. The molecule has 2 aromatic rings. The van der Waals surface area contributed by atoms with Crippen molar-refractivity contribution >= 4 is 75.6 Å². The summed E-state index contributed by atoms with van der Waals surface area (Å²) >= 11 is 12.9. The predicted molar refractivity (Wildman–Crippen MR) is 164 cm³/mol. The number of amidine groups is 1. The van der Waals surface area contributed by atoms with E-state index in [1.807, 2.05) is 0 Å². The van der Waals surface area contributed by atoms with Crippen LogP contribution in [0.15, 0.2) is 58.4 Å². The number of ether oxygens (including phenoxy) is 2. The second-order valence-electron chi connectivity index (χ2n) is 10.5. The molecule has 2 aliphatic heterocycles. The molecule has 0 saturated carbocycles. The van der Waals surface area contributed by atoms with Crippen molar-refractivity contribution in [1.29, 1.82) is 0 Å². The highest BCUT2D eigenvalue weighted by atomic mass is 35.5. The molecular weight excluding hydrogens is 619 g/mol. The third-order valence-corrected chi connectivity index (χ3v) is 7.69. The van der Waals surface area contributed by atoms with E-state index in [2.05, 4.69) is 15.0 Å². The second-order valence-corrected chi connectivity index (χ2v) is 12.4. The van der Waals surface area contributed by atoms with E-state index >= 15 is 0 Å². The molecule has 4 rings (SSSR count). The van der Waals surface area contributed by atoms with Crippen LogP contribution in [0.3, 0.4) is 0 Å². The minimum atomic E-state index is -0.756. The molecule has 11 nitrogen and oxygen atoms in total. The Morgan fingerprint density at radius 1 is 1.09 bits per heavy atom. The molecule has 0 aliphatic carbocycles. The van der Waals surface area contributed by atoms with Crippen LogP contribution in [0.2, 0.25) is 10.0 Å². The van der Waals surface area contributed by atoms with Gasteiger partial charge in [-0.25, -0.2) is 9.59 Å². The maximum atomic E-state index is 13.3. The van der Waals surface area contributed by atoms with Gasteiger partial charge in [-0.05, 0) is 81.4 Å². The predicted octanol–water partition coefficient (Wildman–Crippen LogP) is 5.07. The number of nitrogens with zero attached hydrogens (tertiary/aromatic N) is 3. The SMILES string of the molecule is COC(=O)C=C1SC(=NC(=O)c2ccc(Cl)cc2Cl)N(c2ccc(C(=O)N[C@H]3CCN(C(=O)OC(C)(C)C)C3)cc2)C1=O. The summed E-state index contributed by atoms with van der Waals surface area (Å²) in [6.45, 7) is 6.14. The minimum Gasteiger partial charge on any atom is -0.466 e. The van der Waals surface area contributed by atoms with Crippen LogP contribution in [0.1, 0.15) is 47.9 Å². The maximum Gasteiger partial charge on any atom is 0.410 e. The zero-order chi connectivity index (χ0) is 31.5. The molecule has 0 aromatic heterocycles. The van der Waals surface area contributed by atoms with E-state index in [1.54, 1.807) is 25.7 Å². The first-order valence-electron chi connectivity index (χ1n) is 13.0. The summed E-state index contributed by atoms with van der Waals surface area (Å²) in [4.78, 5) is 70.2. The van der Waals surface area contributed by atoms with Crippen LogP contribution >= 0.6 is 35.0 Å². The van der Waals surface area contributed by atoms with Crippen molar-refractivity contribution in [2.24, 2.45) is 4.99 Å². The first-order valence-corrected chi connectivity index (χ1v) is 14.6. The van der Waals surface area contributed by atoms with E-state index in [0.29, 0.717) is 35.8 Å². The summed E-state index contributed by atoms with van der Waals surface area (Å²) in [7, 11) is 1.17. The highest BCUT2D eigenvalue weighted by molar-refractivity contribution is 8.19. The summed E-state index contributed by atoms with van der Waals surface area (Å²) in [5.41, 5.74) is 0.0622. The summed E-state index contributed by atoms with van der Waals surface area (Å²) in [5.74, 6) is -2.46. The Hall–Kier alpha value is -3.87. The first-order chi connectivity index (χ1) is 20.3. The zero-order valence-corrected chi connectivity index (χ0v) is 26.0. The number of amides is 4. The minimum absolute atomic E-state index is 0.0156. The van der Waals surface area contributed by atoms with Crippen LogP contribution in [0.4, 0.5) is 10.5 Å². The number of hydrogen-bond donors (Lipinski definition) is 1. The molecule has 1 atom stereocenters. The topological polar surface area (TPSA) is 135 Å². The number of carbonyl (C=O) groups excluding carboxylic acids is 5. The van der Waals surface area contributed by atoms with Crippen LogP contribution in [-0.4, -0.2) is 71.7 Å². The Morgan fingerprint density at radius 3 is 2.42 bits per heavy atom. The highest BCUT2D eigenvalue weighted by Crippen LogP contribution is 2.35. The van der Waals surface area contributed by atoms with E-state index in [-0.39, 0.29) is 32.6 Å². The molecule has 1 N–H and O–H groups in total. The van der Waals surface area contributed by atoms with Gasteiger partial charge in [0.15, 0.2) is 5.17 Å². The summed E-state index contributed by atoms with van der Waals surface area (Å²) in [6, 6.07) is 10.1. The van der Waals surface area contributed by atoms with Crippen LogP contribution in [0.5, 0.6) is 0 Å². The number of methoxy groups -OCH3 is 1. The lowest BCUT2D eigenvalue weighted by molar-refractivity contribution is -0.135. The number of halogens is 2. The van der Waals surface area contributed by atoms with Crippen molar-refractivity contribution in [1.82, 2.24) is 10.2 Å². The summed E-state index contributed by atoms with van der Waals surface area (Å²) in [5, 5.41) is 3.31. The number of anilines is 1. The van der Waals surface area contributed by atoms with Crippen molar-refractivity contribution in [2.75, 3.05) is 25.1 Å². The monoisotopic (exact) mass is 646 g/mol. The number of hydrogen-bond acceptors (Lipinski definition) is 8. The molecule has 43 heavy (non-hydrogen) atoms. The molecule has 2 heterocycles. The number of carbonyl (C=O) groups is 5. The van der Waals surface area contributed by atoms with E-state index in [1.165, 1.54) is 49.6 Å². The number of aliphatic imine (C=N–C) groups is 1. The van der Waals surface area contributed by atoms with Gasteiger partial charge in [0, 0.05) is 35.8 Å². The third-order valence-electron chi connectivity index (χ3n) is 6.18. The van der Waals surface area contributed by atoms with Gasteiger partial charge in [0.1, 0.15) is 5.60 Å². The molecule has 14 heteroatoms. The summed E-state index contributed by atoms with van der Waals surface area (Å²) < 4.78 is 10.0. The largest absolute Gasteiger partial charge is 0.466 e. The van der Waals surface area contributed by atoms with Gasteiger partial charge in [-0.15, -0.1) is 0 Å². The Bertz CT molecular complexity index is 1540. The molecular formula is C29H28Cl2N4O7S. The smallest absolute Gasteiger partial charge is 0.410 e. The fraction of sp³-hybridized carbons (Fsp3) is 0.310. The Labute approximate surface area is 262 Å². The highest BCUT2D eigenvalue weighted by Gasteiger charge is 2.36. The molecule has 2 aliphatic rings. The zero-order valence-electron chi connectivity index (χ0n) is 23.7. The number of benzene rings is 2. The quantitative estimate of drug-likeness (QED) is 0.352. The van der Waals surface area contributed by atoms with Crippen molar-refractivity contribution in [3.8, 4) is 0 Å². The lowest BCUT2D eigenvalue weighted by atomic mass is 10.1.